The molecule has 18 nitrogen and oxygen atoms in total. The van der Waals surface area contributed by atoms with E-state index in [9.17, 15) is 28.8 Å². The van der Waals surface area contributed by atoms with Crippen LogP contribution in [0.2, 0.25) is 0 Å². The highest BCUT2D eigenvalue weighted by atomic mass is 16.5. The zero-order valence-corrected chi connectivity index (χ0v) is 36.5. The van der Waals surface area contributed by atoms with Crippen molar-refractivity contribution < 1.29 is 33.5 Å². The highest BCUT2D eigenvalue weighted by molar-refractivity contribution is 6.25. The summed E-state index contributed by atoms with van der Waals surface area (Å²) in [7, 11) is 1.96. The van der Waals surface area contributed by atoms with Gasteiger partial charge in [-0.15, -0.1) is 0 Å². The lowest BCUT2D eigenvalue weighted by molar-refractivity contribution is -0.136. The molecule has 2 fully saturated rings. The maximum atomic E-state index is 13.7. The van der Waals surface area contributed by atoms with E-state index in [1.54, 1.807) is 18.2 Å². The molecule has 3 aromatic carbocycles. The number of nitrogens with one attached hydrogen (secondary N) is 3. The Bertz CT molecular complexity index is 2680. The van der Waals surface area contributed by atoms with Gasteiger partial charge in [-0.05, 0) is 95.1 Å². The molecule has 0 spiro atoms. The van der Waals surface area contributed by atoms with Crippen LogP contribution in [0.25, 0.3) is 22.3 Å². The van der Waals surface area contributed by atoms with Crippen LogP contribution in [0, 0.1) is 0 Å². The molecular weight excluding hydrogens is 831 g/mol. The van der Waals surface area contributed by atoms with Crippen molar-refractivity contribution in [3.63, 3.8) is 0 Å². The number of nitrogen functional groups attached to an aromatic ring is 1. The molecule has 6 amide bonds. The van der Waals surface area contributed by atoms with Crippen LogP contribution in [-0.2, 0) is 19.2 Å². The zero-order chi connectivity index (χ0) is 45.8. The molecule has 2 aromatic heterocycles. The minimum absolute atomic E-state index is 0.0185. The standard InChI is InChI=1S/C47H51N11O7/c1-47(2,55(3)24-9-23-49-37(60)26-50-34-14-7-13-33-39(34)46(64)57(45(33)63)35-19-20-36(59)53-44(35)62)22-21-38(61)56-25-8-10-30(27-56)58-43-40(42(48)51-28-52-43)41(54-58)29-15-17-32(18-16-29)65-31-11-5-4-6-12-31/h4-7,11-18,21-22,28,30,35,50H,8-10,19-20,23-27H2,1-3H3,(H,49,60)(H2,48,51,52)(H,53,59,62)/b22-21+/t30-,35?/m1/s1. The van der Waals surface area contributed by atoms with Crippen molar-refractivity contribution in [1.29, 1.82) is 0 Å². The molecule has 2 atom stereocenters. The van der Waals surface area contributed by atoms with E-state index >= 15 is 0 Å². The molecule has 5 heterocycles. The molecule has 2 saturated heterocycles. The summed E-state index contributed by atoms with van der Waals surface area (Å²) in [6.45, 7) is 5.93. The number of piperidine rings is 2. The van der Waals surface area contributed by atoms with Gasteiger partial charge in [-0.25, -0.2) is 14.6 Å². The second kappa shape index (κ2) is 18.7. The number of fused-ring (bicyclic) bond motifs is 2. The van der Waals surface area contributed by atoms with Crippen LogP contribution in [0.1, 0.15) is 72.7 Å². The van der Waals surface area contributed by atoms with Crippen molar-refractivity contribution >= 4 is 58.0 Å². The van der Waals surface area contributed by atoms with Crippen molar-refractivity contribution in [1.82, 2.24) is 45.1 Å². The number of likely N-dealkylation sites (tertiary alicyclic amines) is 1. The summed E-state index contributed by atoms with van der Waals surface area (Å²) in [5.74, 6) is -1.09. The fraction of sp³-hybridized carbons (Fsp3) is 0.340. The normalized spacial score (nSPS) is 17.8. The predicted octanol–water partition coefficient (Wildman–Crippen LogP) is 4.32. The molecule has 336 valence electrons. The molecular formula is C47H51N11O7. The molecule has 3 aliphatic rings. The van der Waals surface area contributed by atoms with Gasteiger partial charge in [-0.1, -0.05) is 30.3 Å². The highest BCUT2D eigenvalue weighted by Gasteiger charge is 2.45. The van der Waals surface area contributed by atoms with Gasteiger partial charge in [0.15, 0.2) is 5.65 Å². The number of likely N-dealkylation sites (N-methyl/N-ethyl adjacent to an activating group) is 1. The number of para-hydroxylation sites is 1. The number of ether oxygens (including phenoxy) is 1. The lowest BCUT2D eigenvalue weighted by Gasteiger charge is -2.34. The zero-order valence-electron chi connectivity index (χ0n) is 36.5. The maximum absolute atomic E-state index is 13.7. The molecule has 0 aliphatic carbocycles. The number of aromatic nitrogens is 4. The number of hydrogen-bond donors (Lipinski definition) is 4. The van der Waals surface area contributed by atoms with Gasteiger partial charge < -0.3 is 26.0 Å². The smallest absolute Gasteiger partial charge is 0.264 e. The quantitative estimate of drug-likeness (QED) is 0.0654. The number of benzene rings is 3. The van der Waals surface area contributed by atoms with Gasteiger partial charge in [0, 0.05) is 55.5 Å². The first-order valence-electron chi connectivity index (χ1n) is 21.7. The highest BCUT2D eigenvalue weighted by Crippen LogP contribution is 2.36. The van der Waals surface area contributed by atoms with E-state index in [4.69, 9.17) is 15.6 Å². The molecule has 0 radical (unpaired) electrons. The van der Waals surface area contributed by atoms with Crippen LogP contribution in [-0.4, -0.2) is 121 Å². The number of carbonyl (C=O) groups excluding carboxylic acids is 6. The first kappa shape index (κ1) is 44.1. The third-order valence-corrected chi connectivity index (χ3v) is 12.2. The summed E-state index contributed by atoms with van der Waals surface area (Å²) < 4.78 is 7.86. The Hall–Kier alpha value is -7.47. The Morgan fingerprint density at radius 3 is 2.51 bits per heavy atom. The van der Waals surface area contributed by atoms with Crippen LogP contribution < -0.4 is 26.4 Å². The van der Waals surface area contributed by atoms with Gasteiger partial charge in [0.1, 0.15) is 35.4 Å². The van der Waals surface area contributed by atoms with Gasteiger partial charge in [-0.2, -0.15) is 5.10 Å². The number of amides is 6. The first-order chi connectivity index (χ1) is 31.3. The molecule has 5 aromatic rings. The molecule has 3 aliphatic heterocycles. The van der Waals surface area contributed by atoms with E-state index in [2.05, 4.69) is 30.8 Å². The summed E-state index contributed by atoms with van der Waals surface area (Å²) in [5, 5.41) is 13.7. The topological polar surface area (TPSA) is 227 Å². The SMILES string of the molecule is CN(CCCNC(=O)CNc1cccc2c1C(=O)N(C1CCC(=O)NC1=O)C2=O)C(C)(C)/C=C/C(=O)N1CCC[C@@H](n2nc(-c3ccc(Oc4ccccc4)cc3)c3c(N)ncnc32)C1. The number of nitrogens with zero attached hydrogens (tertiary/aromatic N) is 7. The van der Waals surface area contributed by atoms with E-state index in [0.717, 1.165) is 29.1 Å². The van der Waals surface area contributed by atoms with Crippen LogP contribution in [0.4, 0.5) is 11.5 Å². The van der Waals surface area contributed by atoms with E-state index in [1.807, 2.05) is 91.2 Å². The minimum atomic E-state index is -1.09. The van der Waals surface area contributed by atoms with E-state index < -0.39 is 35.2 Å². The van der Waals surface area contributed by atoms with E-state index in [-0.39, 0.29) is 48.4 Å². The third kappa shape index (κ3) is 9.43. The summed E-state index contributed by atoms with van der Waals surface area (Å²) >= 11 is 0. The van der Waals surface area contributed by atoms with E-state index in [1.165, 1.54) is 12.4 Å². The number of hydrogen-bond acceptors (Lipinski definition) is 13. The van der Waals surface area contributed by atoms with Crippen molar-refractivity contribution in [3.05, 3.63) is 102 Å². The van der Waals surface area contributed by atoms with Gasteiger partial charge in [0.2, 0.25) is 23.6 Å². The Morgan fingerprint density at radius 1 is 0.969 bits per heavy atom. The molecule has 0 bridgehead atoms. The number of carbonyl (C=O) groups is 6. The number of imide groups is 2. The van der Waals surface area contributed by atoms with Crippen molar-refractivity contribution in [3.8, 4) is 22.8 Å². The van der Waals surface area contributed by atoms with E-state index in [0.29, 0.717) is 66.6 Å². The molecule has 1 unspecified atom stereocenters. The fourth-order valence-electron chi connectivity index (χ4n) is 8.35. The average molecular weight is 882 g/mol. The van der Waals surface area contributed by atoms with Crippen LogP contribution in [0.5, 0.6) is 11.5 Å². The van der Waals surface area contributed by atoms with Crippen molar-refractivity contribution in [2.45, 2.75) is 63.6 Å². The molecule has 5 N–H and O–H groups in total. The third-order valence-electron chi connectivity index (χ3n) is 12.2. The summed E-state index contributed by atoms with van der Waals surface area (Å²) in [6, 6.07) is 20.6. The van der Waals surface area contributed by atoms with Crippen LogP contribution >= 0.6 is 0 Å². The Labute approximate surface area is 375 Å². The second-order valence-electron chi connectivity index (χ2n) is 16.9. The number of anilines is 2. The Balaban J connectivity index is 0.821. The summed E-state index contributed by atoms with van der Waals surface area (Å²) in [6.07, 6.45) is 7.23. The second-order valence-corrected chi connectivity index (χ2v) is 16.9. The predicted molar refractivity (Wildman–Crippen MR) is 242 cm³/mol. The minimum Gasteiger partial charge on any atom is -0.457 e. The largest absolute Gasteiger partial charge is 0.457 e. The monoisotopic (exact) mass is 881 g/mol. The lowest BCUT2D eigenvalue weighted by atomic mass is 10.0. The Kier molecular flexibility index (Phi) is 12.7. The fourth-order valence-corrected chi connectivity index (χ4v) is 8.35. The lowest BCUT2D eigenvalue weighted by Crippen LogP contribution is -2.54. The molecule has 65 heavy (non-hydrogen) atoms. The number of rotatable bonds is 15. The van der Waals surface area contributed by atoms with Crippen LogP contribution in [0.15, 0.2) is 91.3 Å². The van der Waals surface area contributed by atoms with Crippen molar-refractivity contribution in [2.75, 3.05) is 50.8 Å². The van der Waals surface area contributed by atoms with Gasteiger partial charge >= 0.3 is 0 Å². The maximum Gasteiger partial charge on any atom is 0.264 e. The summed E-state index contributed by atoms with van der Waals surface area (Å²) in [5.41, 5.74) is 8.53. The Morgan fingerprint density at radius 2 is 1.74 bits per heavy atom. The van der Waals surface area contributed by atoms with Gasteiger partial charge in [-0.3, -0.25) is 43.9 Å². The first-order valence-corrected chi connectivity index (χ1v) is 21.7. The van der Waals surface area contributed by atoms with Crippen molar-refractivity contribution in [2.24, 2.45) is 0 Å². The summed E-state index contributed by atoms with van der Waals surface area (Å²) in [4.78, 5) is 90.8. The molecule has 18 heteroatoms. The number of nitrogens with two attached hydrogens (primary N) is 1. The van der Waals surface area contributed by atoms with Crippen LogP contribution in [0.3, 0.4) is 0 Å². The van der Waals surface area contributed by atoms with Gasteiger partial charge in [0.25, 0.3) is 11.8 Å². The molecule has 0 saturated carbocycles. The van der Waals surface area contributed by atoms with Gasteiger partial charge in [0.05, 0.1) is 29.1 Å². The molecule has 8 rings (SSSR count). The average Bonchev–Trinajstić information content (AvgIpc) is 3.82.